The Hall–Kier alpha value is -3.20. The minimum Gasteiger partial charge on any atom is -0.411 e. The number of aromatic nitrogens is 2. The van der Waals surface area contributed by atoms with Crippen molar-refractivity contribution >= 4 is 29.0 Å². The number of carbonyl (C=O) groups excluding carboxylic acids is 1. The predicted molar refractivity (Wildman–Crippen MR) is 111 cm³/mol. The zero-order chi connectivity index (χ0) is 21.0. The molecular formula is C20H20N4O4S. The second-order valence-corrected chi connectivity index (χ2v) is 8.00. The van der Waals surface area contributed by atoms with Crippen LogP contribution in [0.15, 0.2) is 58.2 Å². The van der Waals surface area contributed by atoms with Gasteiger partial charge >= 0.3 is 0 Å². The summed E-state index contributed by atoms with van der Waals surface area (Å²) in [4.78, 5) is 22.8. The number of non-ortho nitro benzene ring substituents is 1. The van der Waals surface area contributed by atoms with E-state index in [1.54, 1.807) is 19.1 Å². The van der Waals surface area contributed by atoms with Crippen LogP contribution in [0.25, 0.3) is 11.5 Å². The molecule has 1 N–H and O–H groups in total. The third-order valence-corrected chi connectivity index (χ3v) is 5.14. The monoisotopic (exact) mass is 412 g/mol. The Bertz CT molecular complexity index is 1020. The topological polar surface area (TPSA) is 111 Å². The number of thioether (sulfide) groups is 1. The first kappa shape index (κ1) is 20.5. The molecule has 3 rings (SSSR count). The van der Waals surface area contributed by atoms with E-state index >= 15 is 0 Å². The van der Waals surface area contributed by atoms with Crippen LogP contribution in [0.2, 0.25) is 0 Å². The van der Waals surface area contributed by atoms with E-state index in [9.17, 15) is 14.9 Å². The van der Waals surface area contributed by atoms with Crippen LogP contribution in [0, 0.1) is 10.1 Å². The van der Waals surface area contributed by atoms with E-state index in [2.05, 4.69) is 29.4 Å². The van der Waals surface area contributed by atoms with Gasteiger partial charge in [0, 0.05) is 23.4 Å². The summed E-state index contributed by atoms with van der Waals surface area (Å²) in [5.74, 6) is 0.391. The first-order valence-electron chi connectivity index (χ1n) is 8.99. The highest BCUT2D eigenvalue weighted by atomic mass is 32.2. The molecule has 0 aliphatic rings. The molecule has 150 valence electrons. The normalized spacial score (nSPS) is 12.0. The van der Waals surface area contributed by atoms with Gasteiger partial charge in [-0.2, -0.15) is 0 Å². The fourth-order valence-corrected chi connectivity index (χ4v) is 3.21. The van der Waals surface area contributed by atoms with Crippen molar-refractivity contribution < 1.29 is 14.1 Å². The Balaban J connectivity index is 1.63. The highest BCUT2D eigenvalue weighted by Gasteiger charge is 2.19. The number of carbonyl (C=O) groups is 1. The average Bonchev–Trinajstić information content (AvgIpc) is 3.17. The average molecular weight is 412 g/mol. The summed E-state index contributed by atoms with van der Waals surface area (Å²) in [7, 11) is 0. The van der Waals surface area contributed by atoms with Gasteiger partial charge in [-0.3, -0.25) is 14.9 Å². The lowest BCUT2D eigenvalue weighted by atomic mass is 10.0. The van der Waals surface area contributed by atoms with Crippen LogP contribution in [-0.2, 0) is 4.79 Å². The summed E-state index contributed by atoms with van der Waals surface area (Å²) in [6.45, 7) is 5.96. The first-order valence-corrected chi connectivity index (χ1v) is 9.87. The molecule has 0 fully saturated rings. The minimum absolute atomic E-state index is 0.0638. The Labute approximate surface area is 171 Å². The van der Waals surface area contributed by atoms with E-state index in [-0.39, 0.29) is 22.7 Å². The number of anilines is 1. The van der Waals surface area contributed by atoms with Gasteiger partial charge in [0.25, 0.3) is 10.9 Å². The number of hydrogen-bond donors (Lipinski definition) is 1. The number of nitrogens with zero attached hydrogens (tertiary/aromatic N) is 3. The number of amides is 1. The molecule has 2 aromatic carbocycles. The van der Waals surface area contributed by atoms with E-state index in [0.29, 0.717) is 11.5 Å². The molecule has 1 amide bonds. The molecule has 0 radical (unpaired) electrons. The summed E-state index contributed by atoms with van der Waals surface area (Å²) in [5, 5.41) is 21.3. The van der Waals surface area contributed by atoms with Crippen molar-refractivity contribution in [3.8, 4) is 11.5 Å². The number of benzene rings is 2. The fourth-order valence-electron chi connectivity index (χ4n) is 2.53. The molecule has 0 aliphatic heterocycles. The van der Waals surface area contributed by atoms with E-state index in [0.717, 1.165) is 17.4 Å². The van der Waals surface area contributed by atoms with Crippen molar-refractivity contribution in [1.82, 2.24) is 10.2 Å². The highest BCUT2D eigenvalue weighted by molar-refractivity contribution is 8.00. The van der Waals surface area contributed by atoms with E-state index in [1.165, 1.54) is 17.7 Å². The van der Waals surface area contributed by atoms with Crippen LogP contribution in [0.4, 0.5) is 11.4 Å². The molecule has 9 heteroatoms. The predicted octanol–water partition coefficient (Wildman–Crippen LogP) is 4.89. The van der Waals surface area contributed by atoms with Crippen molar-refractivity contribution in [2.75, 3.05) is 5.32 Å². The van der Waals surface area contributed by atoms with Crippen LogP contribution < -0.4 is 5.32 Å². The lowest BCUT2D eigenvalue weighted by Gasteiger charge is -2.11. The quantitative estimate of drug-likeness (QED) is 0.334. The molecule has 0 saturated heterocycles. The summed E-state index contributed by atoms with van der Waals surface area (Å²) in [5.41, 5.74) is 2.30. The van der Waals surface area contributed by atoms with Crippen molar-refractivity contribution in [2.24, 2.45) is 0 Å². The van der Waals surface area contributed by atoms with Gasteiger partial charge in [-0.05, 0) is 36.6 Å². The molecule has 1 heterocycles. The third-order valence-electron chi connectivity index (χ3n) is 4.20. The lowest BCUT2D eigenvalue weighted by Crippen LogP contribution is -2.22. The number of nitro groups is 1. The van der Waals surface area contributed by atoms with Gasteiger partial charge in [0.2, 0.25) is 11.8 Å². The molecule has 0 saturated carbocycles. The van der Waals surface area contributed by atoms with E-state index in [4.69, 9.17) is 4.42 Å². The molecule has 1 aromatic heterocycles. The third kappa shape index (κ3) is 5.20. The zero-order valence-corrected chi connectivity index (χ0v) is 17.0. The molecule has 8 nitrogen and oxygen atoms in total. The first-order chi connectivity index (χ1) is 13.8. The molecule has 0 spiro atoms. The van der Waals surface area contributed by atoms with Crippen LogP contribution in [-0.4, -0.2) is 26.3 Å². The Morgan fingerprint density at radius 2 is 1.86 bits per heavy atom. The Morgan fingerprint density at radius 1 is 1.14 bits per heavy atom. The summed E-state index contributed by atoms with van der Waals surface area (Å²) in [6, 6.07) is 13.7. The van der Waals surface area contributed by atoms with Crippen molar-refractivity contribution in [3.05, 3.63) is 64.2 Å². The van der Waals surface area contributed by atoms with Crippen molar-refractivity contribution in [1.29, 1.82) is 0 Å². The maximum atomic E-state index is 12.4. The van der Waals surface area contributed by atoms with Gasteiger partial charge < -0.3 is 9.73 Å². The Kier molecular flexibility index (Phi) is 6.28. The zero-order valence-electron chi connectivity index (χ0n) is 16.2. The van der Waals surface area contributed by atoms with Crippen LogP contribution in [0.3, 0.4) is 0 Å². The molecule has 0 bridgehead atoms. The Morgan fingerprint density at radius 3 is 2.52 bits per heavy atom. The molecule has 0 aliphatic carbocycles. The summed E-state index contributed by atoms with van der Waals surface area (Å²) >= 11 is 1.12. The highest BCUT2D eigenvalue weighted by Crippen LogP contribution is 2.28. The van der Waals surface area contributed by atoms with Gasteiger partial charge in [0.05, 0.1) is 10.2 Å². The van der Waals surface area contributed by atoms with Gasteiger partial charge in [-0.25, -0.2) is 0 Å². The maximum Gasteiger partial charge on any atom is 0.277 e. The van der Waals surface area contributed by atoms with Gasteiger partial charge in [0.15, 0.2) is 0 Å². The fraction of sp³-hybridized carbons (Fsp3) is 0.250. The number of hydrogen-bond acceptors (Lipinski definition) is 7. The second kappa shape index (κ2) is 8.87. The molecule has 29 heavy (non-hydrogen) atoms. The lowest BCUT2D eigenvalue weighted by molar-refractivity contribution is -0.384. The smallest absolute Gasteiger partial charge is 0.277 e. The molecular weight excluding hydrogens is 392 g/mol. The molecule has 3 aromatic rings. The second-order valence-electron chi connectivity index (χ2n) is 6.71. The van der Waals surface area contributed by atoms with Crippen molar-refractivity contribution in [2.45, 2.75) is 37.2 Å². The van der Waals surface area contributed by atoms with Crippen LogP contribution in [0.1, 0.15) is 32.3 Å². The minimum atomic E-state index is -0.490. The molecule has 1 atom stereocenters. The van der Waals surface area contributed by atoms with E-state index in [1.807, 2.05) is 24.3 Å². The SMILES string of the molecule is CC(C)c1ccc(NC(=O)[C@@H](C)Sc2nnc(-c3cccc([N+](=O)[O-])c3)o2)cc1. The largest absolute Gasteiger partial charge is 0.411 e. The number of rotatable bonds is 7. The van der Waals surface area contributed by atoms with Gasteiger partial charge in [0.1, 0.15) is 0 Å². The van der Waals surface area contributed by atoms with Gasteiger partial charge in [-0.1, -0.05) is 43.8 Å². The standard InChI is InChI=1S/C20H20N4O4S/c1-12(2)14-7-9-16(10-8-14)21-18(25)13(3)29-20-23-22-19(28-20)15-5-4-6-17(11-15)24(26)27/h4-13H,1-3H3,(H,21,25)/t13-/m1/s1. The van der Waals surface area contributed by atoms with Crippen molar-refractivity contribution in [3.63, 3.8) is 0 Å². The summed E-state index contributed by atoms with van der Waals surface area (Å²) in [6.07, 6.45) is 0. The molecule has 0 unspecified atom stereocenters. The maximum absolute atomic E-state index is 12.4. The van der Waals surface area contributed by atoms with Crippen LogP contribution >= 0.6 is 11.8 Å². The summed E-state index contributed by atoms with van der Waals surface area (Å²) < 4.78 is 5.56. The van der Waals surface area contributed by atoms with E-state index < -0.39 is 10.2 Å². The van der Waals surface area contributed by atoms with Crippen LogP contribution in [0.5, 0.6) is 0 Å². The number of nitrogens with one attached hydrogen (secondary N) is 1. The van der Waals surface area contributed by atoms with Gasteiger partial charge in [-0.15, -0.1) is 10.2 Å². The number of nitro benzene ring substituents is 1.